The first kappa shape index (κ1) is 20.9. The van der Waals surface area contributed by atoms with Crippen molar-refractivity contribution >= 4 is 12.0 Å². The fraction of sp³-hybridized carbons (Fsp3) is 0.684. The number of nitrogens with one attached hydrogen (secondary N) is 1. The minimum Gasteiger partial charge on any atom is -0.474 e. The summed E-state index contributed by atoms with van der Waals surface area (Å²) in [7, 11) is 0. The molecule has 1 saturated heterocycles. The van der Waals surface area contributed by atoms with Gasteiger partial charge in [-0.1, -0.05) is 0 Å². The highest BCUT2D eigenvalue weighted by molar-refractivity contribution is 5.85. The summed E-state index contributed by atoms with van der Waals surface area (Å²) in [6.45, 7) is 11.9. The molecule has 1 N–H and O–H groups in total. The molecule has 0 aromatic carbocycles. The van der Waals surface area contributed by atoms with Gasteiger partial charge < -0.3 is 19.7 Å². The van der Waals surface area contributed by atoms with Crippen LogP contribution in [0.25, 0.3) is 0 Å². The topological polar surface area (TPSA) is 93.7 Å². The maximum Gasteiger partial charge on any atom is 0.408 e. The number of rotatable bonds is 4. The second-order valence-corrected chi connectivity index (χ2v) is 7.91. The Bertz CT molecular complexity index is 659. The third-order valence-electron chi connectivity index (χ3n) is 4.09. The molecule has 0 saturated carbocycles. The highest BCUT2D eigenvalue weighted by atomic mass is 16.6. The normalized spacial score (nSPS) is 16.6. The lowest BCUT2D eigenvalue weighted by Gasteiger charge is -2.33. The summed E-state index contributed by atoms with van der Waals surface area (Å²) in [5.74, 6) is 1.14. The smallest absolute Gasteiger partial charge is 0.408 e. The van der Waals surface area contributed by atoms with Crippen molar-refractivity contribution < 1.29 is 19.1 Å². The summed E-state index contributed by atoms with van der Waals surface area (Å²) >= 11 is 0. The number of piperidine rings is 1. The van der Waals surface area contributed by atoms with Crippen LogP contribution in [0.2, 0.25) is 0 Å². The van der Waals surface area contributed by atoms with Gasteiger partial charge >= 0.3 is 6.09 Å². The molecule has 150 valence electrons. The Labute approximate surface area is 160 Å². The molecule has 0 bridgehead atoms. The van der Waals surface area contributed by atoms with Crippen molar-refractivity contribution in [3.05, 3.63) is 17.6 Å². The molecule has 2 rings (SSSR count). The summed E-state index contributed by atoms with van der Waals surface area (Å²) in [6.07, 6.45) is 0.855. The molecular weight excluding hydrogens is 348 g/mol. The first-order valence-electron chi connectivity index (χ1n) is 9.31. The lowest BCUT2D eigenvalue weighted by molar-refractivity contribution is -0.134. The van der Waals surface area contributed by atoms with E-state index in [9.17, 15) is 9.59 Å². The van der Waals surface area contributed by atoms with Crippen LogP contribution in [0, 0.1) is 13.8 Å². The maximum atomic E-state index is 12.5. The van der Waals surface area contributed by atoms with Crippen molar-refractivity contribution in [2.45, 2.75) is 72.1 Å². The van der Waals surface area contributed by atoms with Crippen LogP contribution in [-0.2, 0) is 9.53 Å². The molecule has 2 heterocycles. The van der Waals surface area contributed by atoms with Crippen LogP contribution in [0.15, 0.2) is 6.07 Å². The largest absolute Gasteiger partial charge is 0.474 e. The maximum absolute atomic E-state index is 12.5. The van der Waals surface area contributed by atoms with E-state index in [1.54, 1.807) is 32.6 Å². The number of hydrogen-bond acceptors (Lipinski definition) is 6. The summed E-state index contributed by atoms with van der Waals surface area (Å²) in [5.41, 5.74) is 0.271. The van der Waals surface area contributed by atoms with Gasteiger partial charge in [0.1, 0.15) is 23.6 Å². The minimum atomic E-state index is -0.635. The van der Waals surface area contributed by atoms with Gasteiger partial charge in [-0.05, 0) is 41.5 Å². The number of carbonyl (C=O) groups is 2. The van der Waals surface area contributed by atoms with E-state index >= 15 is 0 Å². The number of amides is 2. The van der Waals surface area contributed by atoms with Crippen molar-refractivity contribution in [2.24, 2.45) is 0 Å². The Kier molecular flexibility index (Phi) is 6.62. The highest BCUT2D eigenvalue weighted by Crippen LogP contribution is 2.18. The second-order valence-electron chi connectivity index (χ2n) is 7.91. The molecule has 8 nitrogen and oxygen atoms in total. The number of aryl methyl sites for hydroxylation is 2. The van der Waals surface area contributed by atoms with Crippen LogP contribution >= 0.6 is 0 Å². The number of likely N-dealkylation sites (tertiary alicyclic amines) is 1. The summed E-state index contributed by atoms with van der Waals surface area (Å²) < 4.78 is 11.1. The van der Waals surface area contributed by atoms with Gasteiger partial charge in [0.2, 0.25) is 11.8 Å². The third kappa shape index (κ3) is 6.69. The van der Waals surface area contributed by atoms with E-state index in [1.165, 1.54) is 0 Å². The van der Waals surface area contributed by atoms with Gasteiger partial charge in [0.15, 0.2) is 0 Å². The van der Waals surface area contributed by atoms with E-state index in [0.717, 1.165) is 5.69 Å². The summed E-state index contributed by atoms with van der Waals surface area (Å²) in [5, 5.41) is 2.60. The number of alkyl carbamates (subject to hydrolysis) is 1. The predicted molar refractivity (Wildman–Crippen MR) is 101 cm³/mol. The predicted octanol–water partition coefficient (Wildman–Crippen LogP) is 2.38. The van der Waals surface area contributed by atoms with E-state index in [2.05, 4.69) is 15.3 Å². The fourth-order valence-corrected chi connectivity index (χ4v) is 2.93. The molecule has 0 unspecified atom stereocenters. The Morgan fingerprint density at radius 1 is 1.22 bits per heavy atom. The Morgan fingerprint density at radius 2 is 1.85 bits per heavy atom. The van der Waals surface area contributed by atoms with Crippen LogP contribution < -0.4 is 10.1 Å². The van der Waals surface area contributed by atoms with Gasteiger partial charge in [-0.3, -0.25) is 4.79 Å². The van der Waals surface area contributed by atoms with E-state index in [4.69, 9.17) is 9.47 Å². The van der Waals surface area contributed by atoms with Gasteiger partial charge in [0, 0.05) is 37.7 Å². The second kappa shape index (κ2) is 8.54. The Hall–Kier alpha value is -2.38. The molecular formula is C19H30N4O4. The van der Waals surface area contributed by atoms with E-state index < -0.39 is 17.7 Å². The lowest BCUT2D eigenvalue weighted by Crippen LogP contribution is -2.51. The first-order valence-corrected chi connectivity index (χ1v) is 9.31. The zero-order valence-corrected chi connectivity index (χ0v) is 17.0. The molecule has 1 aliphatic rings. The van der Waals surface area contributed by atoms with Gasteiger partial charge in [0.25, 0.3) is 0 Å². The molecule has 1 aromatic heterocycles. The van der Waals surface area contributed by atoms with E-state index in [0.29, 0.717) is 37.6 Å². The molecule has 1 aliphatic heterocycles. The Morgan fingerprint density at radius 3 is 2.41 bits per heavy atom. The van der Waals surface area contributed by atoms with Crippen molar-refractivity contribution in [1.29, 1.82) is 0 Å². The fourth-order valence-electron chi connectivity index (χ4n) is 2.93. The zero-order chi connectivity index (χ0) is 20.2. The van der Waals surface area contributed by atoms with Crippen molar-refractivity contribution in [2.75, 3.05) is 13.1 Å². The third-order valence-corrected chi connectivity index (χ3v) is 4.09. The van der Waals surface area contributed by atoms with Gasteiger partial charge in [0.05, 0.1) is 0 Å². The molecule has 1 aromatic rings. The molecule has 8 heteroatoms. The van der Waals surface area contributed by atoms with E-state index in [-0.39, 0.29) is 12.0 Å². The van der Waals surface area contributed by atoms with Crippen LogP contribution in [0.4, 0.5) is 4.79 Å². The van der Waals surface area contributed by atoms with Crippen molar-refractivity contribution in [1.82, 2.24) is 20.2 Å². The molecule has 27 heavy (non-hydrogen) atoms. The number of aromatic nitrogens is 2. The standard InChI is InChI=1S/C19H30N4O4/c1-12-11-16(22-14(3)20-12)26-15-7-9-23(10-8-15)17(24)13(2)21-18(25)27-19(4,5)6/h11,13,15H,7-10H2,1-6H3,(H,21,25)/t13-/m0/s1. The summed E-state index contributed by atoms with van der Waals surface area (Å²) in [4.78, 5) is 34.7. The van der Waals surface area contributed by atoms with Crippen LogP contribution in [0.1, 0.15) is 52.1 Å². The zero-order valence-electron chi connectivity index (χ0n) is 17.0. The molecule has 1 fully saturated rings. The molecule has 0 spiro atoms. The molecule has 0 radical (unpaired) electrons. The average molecular weight is 378 g/mol. The monoisotopic (exact) mass is 378 g/mol. The first-order chi connectivity index (χ1) is 12.5. The quantitative estimate of drug-likeness (QED) is 0.864. The number of hydrogen-bond donors (Lipinski definition) is 1. The lowest BCUT2D eigenvalue weighted by atomic mass is 10.1. The summed E-state index contributed by atoms with van der Waals surface area (Å²) in [6, 6.07) is 1.18. The van der Waals surface area contributed by atoms with E-state index in [1.807, 2.05) is 19.9 Å². The van der Waals surface area contributed by atoms with Crippen LogP contribution in [-0.4, -0.2) is 57.7 Å². The number of carbonyl (C=O) groups excluding carboxylic acids is 2. The van der Waals surface area contributed by atoms with Crippen molar-refractivity contribution in [3.63, 3.8) is 0 Å². The highest BCUT2D eigenvalue weighted by Gasteiger charge is 2.29. The number of nitrogens with zero attached hydrogens (tertiary/aromatic N) is 3. The van der Waals surface area contributed by atoms with Crippen LogP contribution in [0.5, 0.6) is 5.88 Å². The van der Waals surface area contributed by atoms with Gasteiger partial charge in [-0.25, -0.2) is 9.78 Å². The molecule has 2 amide bonds. The Balaban J connectivity index is 1.82. The minimum absolute atomic E-state index is 0.0110. The number of ether oxygens (including phenoxy) is 2. The van der Waals surface area contributed by atoms with Crippen LogP contribution in [0.3, 0.4) is 0 Å². The molecule has 1 atom stereocenters. The SMILES string of the molecule is Cc1cc(OC2CCN(C(=O)[C@H](C)NC(=O)OC(C)(C)C)CC2)nc(C)n1. The molecule has 0 aliphatic carbocycles. The average Bonchev–Trinajstić information content (AvgIpc) is 2.52. The van der Waals surface area contributed by atoms with Gasteiger partial charge in [-0.15, -0.1) is 0 Å². The van der Waals surface area contributed by atoms with Crippen molar-refractivity contribution in [3.8, 4) is 5.88 Å². The van der Waals surface area contributed by atoms with Gasteiger partial charge in [-0.2, -0.15) is 4.98 Å².